The molecule has 1 N–H and O–H groups in total. The fraction of sp³-hybridized carbons (Fsp3) is 0.273. The van der Waals surface area contributed by atoms with E-state index in [0.29, 0.717) is 11.4 Å². The van der Waals surface area contributed by atoms with E-state index >= 15 is 0 Å². The van der Waals surface area contributed by atoms with E-state index in [2.05, 4.69) is 39.6 Å². The number of benzene rings is 3. The number of amides is 1. The first kappa shape index (κ1) is 27.1. The highest BCUT2D eigenvalue weighted by Gasteiger charge is 2.31. The fourth-order valence-electron chi connectivity index (χ4n) is 5.01. The minimum atomic E-state index is -0.970. The quantitative estimate of drug-likeness (QED) is 0.282. The van der Waals surface area contributed by atoms with Gasteiger partial charge >= 0.3 is 12.1 Å². The molecule has 5 rings (SSSR count). The summed E-state index contributed by atoms with van der Waals surface area (Å²) in [4.78, 5) is 35.1. The number of nitrogens with zero attached hydrogens (tertiary/aromatic N) is 2. The van der Waals surface area contributed by atoms with Crippen molar-refractivity contribution < 1.29 is 19.1 Å². The lowest BCUT2D eigenvalue weighted by Gasteiger charge is -2.24. The van der Waals surface area contributed by atoms with Crippen LogP contribution in [0.15, 0.2) is 85.2 Å². The Labute approximate surface area is 234 Å². The number of fused-ring (bicyclic) bond motifs is 3. The monoisotopic (exact) mass is 535 g/mol. The van der Waals surface area contributed by atoms with Gasteiger partial charge in [0, 0.05) is 30.3 Å². The normalized spacial score (nSPS) is 13.2. The third-order valence-corrected chi connectivity index (χ3v) is 6.86. The molecule has 7 nitrogen and oxygen atoms in total. The molecule has 0 unspecified atom stereocenters. The molecule has 4 aromatic rings. The highest BCUT2D eigenvalue weighted by atomic mass is 16.6. The molecule has 0 spiro atoms. The van der Waals surface area contributed by atoms with E-state index in [9.17, 15) is 9.59 Å². The second-order valence-corrected chi connectivity index (χ2v) is 11.0. The molecule has 7 heteroatoms. The van der Waals surface area contributed by atoms with Crippen LogP contribution in [0.5, 0.6) is 0 Å². The predicted octanol–water partition coefficient (Wildman–Crippen LogP) is 6.24. The average molecular weight is 536 g/mol. The minimum absolute atomic E-state index is 0.0829. The third-order valence-electron chi connectivity index (χ3n) is 6.86. The maximum absolute atomic E-state index is 13.1. The van der Waals surface area contributed by atoms with Crippen LogP contribution < -0.4 is 5.32 Å². The zero-order valence-electron chi connectivity index (χ0n) is 23.2. The summed E-state index contributed by atoms with van der Waals surface area (Å²) in [5.41, 5.74) is 6.50. The highest BCUT2D eigenvalue weighted by Crippen LogP contribution is 2.44. The molecule has 0 fully saturated rings. The van der Waals surface area contributed by atoms with Crippen LogP contribution in [0.1, 0.15) is 48.9 Å². The SMILES string of the molecule is Cc1ccccc1-c1ncc(C[C@H](NC(=O)OCC2c3ccccc3-c3ccccc32)C(=O)OC(C)(C)C)cn1. The van der Waals surface area contributed by atoms with Crippen molar-refractivity contribution in [3.63, 3.8) is 0 Å². The van der Waals surface area contributed by atoms with Gasteiger partial charge in [0.15, 0.2) is 5.82 Å². The Bertz CT molecular complexity index is 1480. The first-order valence-electron chi connectivity index (χ1n) is 13.4. The van der Waals surface area contributed by atoms with Crippen LogP contribution in [0.4, 0.5) is 4.79 Å². The summed E-state index contributed by atoms with van der Waals surface area (Å²) in [6.07, 6.45) is 2.82. The lowest BCUT2D eigenvalue weighted by molar-refractivity contribution is -0.157. The summed E-state index contributed by atoms with van der Waals surface area (Å²) in [6, 6.07) is 23.2. The molecule has 0 radical (unpaired) electrons. The third kappa shape index (κ3) is 6.04. The molecule has 0 saturated carbocycles. The Hall–Kier alpha value is -4.52. The molecular formula is C33H33N3O4. The van der Waals surface area contributed by atoms with Crippen LogP contribution in [-0.4, -0.2) is 40.3 Å². The fourth-order valence-corrected chi connectivity index (χ4v) is 5.01. The van der Waals surface area contributed by atoms with Gasteiger partial charge in [-0.15, -0.1) is 0 Å². The molecular weight excluding hydrogens is 502 g/mol. The zero-order chi connectivity index (χ0) is 28.3. The number of carbonyl (C=O) groups excluding carboxylic acids is 2. The smallest absolute Gasteiger partial charge is 0.407 e. The second-order valence-electron chi connectivity index (χ2n) is 11.0. The van der Waals surface area contributed by atoms with Gasteiger partial charge in [-0.2, -0.15) is 0 Å². The Balaban J connectivity index is 1.29. The maximum Gasteiger partial charge on any atom is 0.407 e. The number of rotatable bonds is 7. The number of hydrogen-bond donors (Lipinski definition) is 1. The van der Waals surface area contributed by atoms with E-state index in [0.717, 1.165) is 33.4 Å². The summed E-state index contributed by atoms with van der Waals surface area (Å²) in [5.74, 6) is -0.0373. The molecule has 1 aliphatic rings. The van der Waals surface area contributed by atoms with Crippen molar-refractivity contribution in [2.45, 2.75) is 51.7 Å². The van der Waals surface area contributed by atoms with Gasteiger partial charge in [-0.3, -0.25) is 0 Å². The Kier molecular flexibility index (Phi) is 7.65. The number of carbonyl (C=O) groups is 2. The number of esters is 1. The van der Waals surface area contributed by atoms with E-state index in [1.165, 1.54) is 0 Å². The van der Waals surface area contributed by atoms with Crippen LogP contribution >= 0.6 is 0 Å². The molecule has 0 aliphatic heterocycles. The molecule has 1 aliphatic carbocycles. The number of hydrogen-bond acceptors (Lipinski definition) is 6. The van der Waals surface area contributed by atoms with E-state index in [-0.39, 0.29) is 18.9 Å². The van der Waals surface area contributed by atoms with Gasteiger partial charge in [-0.25, -0.2) is 19.6 Å². The van der Waals surface area contributed by atoms with Gasteiger partial charge in [0.2, 0.25) is 0 Å². The molecule has 204 valence electrons. The van der Waals surface area contributed by atoms with Crippen molar-refractivity contribution in [3.05, 3.63) is 107 Å². The Morgan fingerprint density at radius 3 is 1.98 bits per heavy atom. The highest BCUT2D eigenvalue weighted by molar-refractivity contribution is 5.82. The Morgan fingerprint density at radius 2 is 1.40 bits per heavy atom. The van der Waals surface area contributed by atoms with Crippen molar-refractivity contribution in [1.82, 2.24) is 15.3 Å². The zero-order valence-corrected chi connectivity index (χ0v) is 23.2. The van der Waals surface area contributed by atoms with Crippen LogP contribution in [0.2, 0.25) is 0 Å². The van der Waals surface area contributed by atoms with Crippen LogP contribution in [-0.2, 0) is 20.7 Å². The summed E-state index contributed by atoms with van der Waals surface area (Å²) >= 11 is 0. The first-order chi connectivity index (χ1) is 19.2. The number of alkyl carbamates (subject to hydrolysis) is 1. The summed E-state index contributed by atoms with van der Waals surface area (Å²) in [7, 11) is 0. The van der Waals surface area contributed by atoms with Gasteiger partial charge in [0.1, 0.15) is 18.2 Å². The number of nitrogens with one attached hydrogen (secondary N) is 1. The van der Waals surface area contributed by atoms with Gasteiger partial charge < -0.3 is 14.8 Å². The van der Waals surface area contributed by atoms with Crippen molar-refractivity contribution in [2.75, 3.05) is 6.61 Å². The van der Waals surface area contributed by atoms with Crippen molar-refractivity contribution in [3.8, 4) is 22.5 Å². The van der Waals surface area contributed by atoms with Crippen LogP contribution in [0.25, 0.3) is 22.5 Å². The average Bonchev–Trinajstić information content (AvgIpc) is 3.25. The largest absolute Gasteiger partial charge is 0.458 e. The molecule has 1 amide bonds. The van der Waals surface area contributed by atoms with E-state index in [1.54, 1.807) is 33.2 Å². The van der Waals surface area contributed by atoms with E-state index in [1.807, 2.05) is 55.5 Å². The molecule has 1 aromatic heterocycles. The van der Waals surface area contributed by atoms with E-state index < -0.39 is 23.7 Å². The van der Waals surface area contributed by atoms with E-state index in [4.69, 9.17) is 9.47 Å². The number of aromatic nitrogens is 2. The topological polar surface area (TPSA) is 90.4 Å². The number of ether oxygens (including phenoxy) is 2. The minimum Gasteiger partial charge on any atom is -0.458 e. The molecule has 0 bridgehead atoms. The first-order valence-corrected chi connectivity index (χ1v) is 13.4. The molecule has 1 atom stereocenters. The Morgan fingerprint density at radius 1 is 0.850 bits per heavy atom. The second kappa shape index (κ2) is 11.3. The maximum atomic E-state index is 13.1. The summed E-state index contributed by atoms with van der Waals surface area (Å²) in [6.45, 7) is 7.51. The van der Waals surface area contributed by atoms with Gasteiger partial charge in [-0.1, -0.05) is 72.8 Å². The van der Waals surface area contributed by atoms with Gasteiger partial charge in [0.25, 0.3) is 0 Å². The standard InChI is InChI=1S/C33H33N3O4/c1-21-11-5-6-12-23(21)30-34-18-22(19-35-30)17-29(31(37)40-33(2,3)4)36-32(38)39-20-28-26-15-9-7-13-24(26)25-14-8-10-16-27(25)28/h5-16,18-19,28-29H,17,20H2,1-4H3,(H,36,38)/t29-/m0/s1. The summed E-state index contributed by atoms with van der Waals surface area (Å²) in [5, 5.41) is 2.72. The van der Waals surface area contributed by atoms with Gasteiger partial charge in [-0.05, 0) is 61.1 Å². The lowest BCUT2D eigenvalue weighted by Crippen LogP contribution is -2.46. The van der Waals surface area contributed by atoms with Crippen molar-refractivity contribution in [1.29, 1.82) is 0 Å². The van der Waals surface area contributed by atoms with Crippen molar-refractivity contribution in [2.24, 2.45) is 0 Å². The molecule has 0 saturated heterocycles. The lowest BCUT2D eigenvalue weighted by atomic mass is 9.98. The molecule has 1 heterocycles. The summed E-state index contributed by atoms with van der Waals surface area (Å²) < 4.78 is 11.3. The van der Waals surface area contributed by atoms with Crippen LogP contribution in [0, 0.1) is 6.92 Å². The molecule has 40 heavy (non-hydrogen) atoms. The molecule has 3 aromatic carbocycles. The van der Waals surface area contributed by atoms with Crippen LogP contribution in [0.3, 0.4) is 0 Å². The predicted molar refractivity (Wildman–Crippen MR) is 154 cm³/mol. The van der Waals surface area contributed by atoms with Crippen molar-refractivity contribution >= 4 is 12.1 Å². The van der Waals surface area contributed by atoms with Gasteiger partial charge in [0.05, 0.1) is 0 Å². The number of aryl methyl sites for hydroxylation is 1.